The summed E-state index contributed by atoms with van der Waals surface area (Å²) in [6.07, 6.45) is 1.37. The van der Waals surface area contributed by atoms with E-state index in [9.17, 15) is 14.7 Å². The normalized spacial score (nSPS) is 18.1. The van der Waals surface area contributed by atoms with E-state index < -0.39 is 11.9 Å². The Morgan fingerprint density at radius 2 is 1.63 bits per heavy atom. The van der Waals surface area contributed by atoms with Crippen LogP contribution >= 0.6 is 15.9 Å². The lowest BCUT2D eigenvalue weighted by Gasteiger charge is -2.37. The molecule has 43 heavy (non-hydrogen) atoms. The zero-order chi connectivity index (χ0) is 30.7. The molecule has 0 bridgehead atoms. The zero-order valence-corrected chi connectivity index (χ0v) is 26.1. The van der Waals surface area contributed by atoms with Crippen LogP contribution in [-0.4, -0.2) is 44.8 Å². The van der Waals surface area contributed by atoms with Crippen LogP contribution in [0.3, 0.4) is 0 Å². The van der Waals surface area contributed by atoms with Crippen LogP contribution in [0.15, 0.2) is 87.7 Å². The van der Waals surface area contributed by atoms with Crippen LogP contribution in [-0.2, 0) is 20.7 Å². The number of allylic oxidation sites excluding steroid dienone is 3. The number of nitrogens with one attached hydrogen (secondary N) is 1. The number of aromatic hydroxyl groups is 1. The molecule has 2 aliphatic rings. The molecule has 9 heteroatoms. The summed E-state index contributed by atoms with van der Waals surface area (Å²) in [6, 6.07) is 18.9. The number of methoxy groups -OCH3 is 3. The van der Waals surface area contributed by atoms with E-state index in [2.05, 4.69) is 21.2 Å². The number of phenolic OH excluding ortho intramolecular Hbond substituents is 1. The third-order valence-electron chi connectivity index (χ3n) is 8.00. The summed E-state index contributed by atoms with van der Waals surface area (Å²) >= 11 is 3.41. The first-order valence-corrected chi connectivity index (χ1v) is 14.8. The highest BCUT2D eigenvalue weighted by Gasteiger charge is 2.42. The fourth-order valence-corrected chi connectivity index (χ4v) is 6.35. The van der Waals surface area contributed by atoms with E-state index in [0.717, 1.165) is 16.8 Å². The van der Waals surface area contributed by atoms with Crippen molar-refractivity contribution in [2.24, 2.45) is 0 Å². The predicted octanol–water partition coefficient (Wildman–Crippen LogP) is 6.33. The number of halogens is 1. The van der Waals surface area contributed by atoms with Crippen molar-refractivity contribution in [1.29, 1.82) is 0 Å². The summed E-state index contributed by atoms with van der Waals surface area (Å²) in [4.78, 5) is 27.7. The van der Waals surface area contributed by atoms with Crippen LogP contribution in [0.1, 0.15) is 48.3 Å². The second-order valence-electron chi connectivity index (χ2n) is 10.6. The summed E-state index contributed by atoms with van der Waals surface area (Å²) in [5.41, 5.74) is 4.86. The zero-order valence-electron chi connectivity index (χ0n) is 24.5. The number of hydrogen-bond acceptors (Lipinski definition) is 8. The number of carbonyl (C=O) groups excluding carboxylic acids is 2. The molecule has 1 aliphatic carbocycles. The molecule has 0 saturated carbocycles. The van der Waals surface area contributed by atoms with Crippen molar-refractivity contribution < 1.29 is 33.6 Å². The Morgan fingerprint density at radius 1 is 0.930 bits per heavy atom. The molecule has 8 nitrogen and oxygen atoms in total. The SMILES string of the molecule is COc1ccc([C@@H]2CC(=O)C3=C(C2)NC(C)=C(C(=O)OCCc2ccccc2)[C@@H]3c2cc(Br)c(O)c(OC)c2)cc1OC. The molecule has 2 N–H and O–H groups in total. The van der Waals surface area contributed by atoms with Gasteiger partial charge < -0.3 is 29.4 Å². The first kappa shape index (κ1) is 30.2. The van der Waals surface area contributed by atoms with Crippen molar-refractivity contribution >= 4 is 27.7 Å². The number of benzene rings is 3. The average molecular weight is 649 g/mol. The number of rotatable bonds is 9. The molecule has 0 amide bonds. The number of esters is 1. The Hall–Kier alpha value is -4.24. The van der Waals surface area contributed by atoms with Crippen molar-refractivity contribution in [3.63, 3.8) is 0 Å². The van der Waals surface area contributed by atoms with E-state index in [4.69, 9.17) is 18.9 Å². The molecule has 0 aromatic heterocycles. The Kier molecular flexibility index (Phi) is 9.11. The highest BCUT2D eigenvalue weighted by atomic mass is 79.9. The fraction of sp³-hybridized carbons (Fsp3) is 0.294. The van der Waals surface area contributed by atoms with Gasteiger partial charge in [-0.15, -0.1) is 0 Å². The lowest BCUT2D eigenvalue weighted by molar-refractivity contribution is -0.139. The molecule has 3 aromatic carbocycles. The molecule has 0 fully saturated rings. The van der Waals surface area contributed by atoms with Crippen molar-refractivity contribution in [2.45, 2.75) is 38.0 Å². The second kappa shape index (κ2) is 13.0. The van der Waals surface area contributed by atoms with Gasteiger partial charge in [-0.3, -0.25) is 4.79 Å². The molecular formula is C34H34BrNO7. The van der Waals surface area contributed by atoms with Gasteiger partial charge in [0.1, 0.15) is 0 Å². The van der Waals surface area contributed by atoms with E-state index in [1.807, 2.05) is 55.5 Å². The number of ether oxygens (including phenoxy) is 4. The molecule has 3 aromatic rings. The number of dihydropyridines is 1. The molecule has 0 radical (unpaired) electrons. The largest absolute Gasteiger partial charge is 0.503 e. The third-order valence-corrected chi connectivity index (χ3v) is 8.60. The Bertz CT molecular complexity index is 1610. The van der Waals surface area contributed by atoms with Gasteiger partial charge in [-0.25, -0.2) is 4.79 Å². The smallest absolute Gasteiger partial charge is 0.336 e. The van der Waals surface area contributed by atoms with Crippen LogP contribution in [0.5, 0.6) is 23.0 Å². The Labute approximate surface area is 259 Å². The van der Waals surface area contributed by atoms with E-state index in [1.54, 1.807) is 26.4 Å². The van der Waals surface area contributed by atoms with E-state index >= 15 is 0 Å². The topological polar surface area (TPSA) is 103 Å². The van der Waals surface area contributed by atoms with Crippen molar-refractivity contribution in [3.8, 4) is 23.0 Å². The highest BCUT2D eigenvalue weighted by molar-refractivity contribution is 9.10. The van der Waals surface area contributed by atoms with Gasteiger partial charge >= 0.3 is 5.97 Å². The maximum absolute atomic E-state index is 14.0. The molecule has 1 heterocycles. The van der Waals surface area contributed by atoms with E-state index in [0.29, 0.717) is 51.2 Å². The van der Waals surface area contributed by atoms with Crippen LogP contribution in [0.25, 0.3) is 0 Å². The van der Waals surface area contributed by atoms with Gasteiger partial charge in [0, 0.05) is 35.7 Å². The van der Waals surface area contributed by atoms with Crippen LogP contribution < -0.4 is 19.5 Å². The fourth-order valence-electron chi connectivity index (χ4n) is 5.89. The van der Waals surface area contributed by atoms with Gasteiger partial charge in [0.25, 0.3) is 0 Å². The number of ketones is 1. The molecule has 224 valence electrons. The molecule has 1 aliphatic heterocycles. The van der Waals surface area contributed by atoms with Crippen molar-refractivity contribution in [3.05, 3.63) is 104 Å². The molecule has 0 unspecified atom stereocenters. The second-order valence-corrected chi connectivity index (χ2v) is 11.4. The third kappa shape index (κ3) is 6.13. The van der Waals surface area contributed by atoms with E-state index in [-0.39, 0.29) is 36.2 Å². The summed E-state index contributed by atoms with van der Waals surface area (Å²) in [5.74, 6) is -0.0297. The van der Waals surface area contributed by atoms with Gasteiger partial charge in [0.2, 0.25) is 0 Å². The van der Waals surface area contributed by atoms with Crippen LogP contribution in [0.2, 0.25) is 0 Å². The van der Waals surface area contributed by atoms with Crippen molar-refractivity contribution in [2.75, 3.05) is 27.9 Å². The highest BCUT2D eigenvalue weighted by Crippen LogP contribution is 2.48. The standard InChI is InChI=1S/C34H34BrNO7/c1-19-30(34(39)43-13-12-20-8-6-5-7-9-20)31(23-14-24(35)33(38)29(18-23)42-4)32-25(36-19)15-22(16-26(32)37)21-10-11-27(40-2)28(17-21)41-3/h5-11,14,17-18,22,31,36,38H,12-13,15-16H2,1-4H3/t22-,31-/m0/s1. The minimum absolute atomic E-state index is 0.0643. The number of phenols is 1. The minimum atomic E-state index is -0.717. The minimum Gasteiger partial charge on any atom is -0.503 e. The van der Waals surface area contributed by atoms with Crippen LogP contribution in [0.4, 0.5) is 0 Å². The van der Waals surface area contributed by atoms with Crippen LogP contribution in [0, 0.1) is 0 Å². The van der Waals surface area contributed by atoms with Gasteiger partial charge in [-0.1, -0.05) is 36.4 Å². The summed E-state index contributed by atoms with van der Waals surface area (Å²) in [7, 11) is 4.62. The van der Waals surface area contributed by atoms with Gasteiger partial charge in [0.15, 0.2) is 28.8 Å². The van der Waals surface area contributed by atoms with Gasteiger partial charge in [0.05, 0.1) is 38.0 Å². The van der Waals surface area contributed by atoms with E-state index in [1.165, 1.54) is 7.11 Å². The van der Waals surface area contributed by atoms with Crippen molar-refractivity contribution in [1.82, 2.24) is 5.32 Å². The molecule has 0 spiro atoms. The molecule has 5 rings (SSSR count). The maximum atomic E-state index is 14.0. The first-order chi connectivity index (χ1) is 20.7. The summed E-state index contributed by atoms with van der Waals surface area (Å²) < 4.78 is 22.5. The monoisotopic (exact) mass is 647 g/mol. The van der Waals surface area contributed by atoms with Gasteiger partial charge in [-0.05, 0) is 76.1 Å². The summed E-state index contributed by atoms with van der Waals surface area (Å²) in [5, 5.41) is 13.9. The van der Waals surface area contributed by atoms with Gasteiger partial charge in [-0.2, -0.15) is 0 Å². The first-order valence-electron chi connectivity index (χ1n) is 14.0. The quantitative estimate of drug-likeness (QED) is 0.260. The predicted molar refractivity (Wildman–Crippen MR) is 166 cm³/mol. The number of hydrogen-bond donors (Lipinski definition) is 2. The summed E-state index contributed by atoms with van der Waals surface area (Å²) in [6.45, 7) is 2.01. The average Bonchev–Trinajstić information content (AvgIpc) is 3.01. The number of carbonyl (C=O) groups is 2. The Morgan fingerprint density at radius 3 is 2.33 bits per heavy atom. The lowest BCUT2D eigenvalue weighted by Crippen LogP contribution is -2.36. The number of Topliss-reactive ketones (excluding diaryl/α,β-unsaturated/α-hetero) is 1. The molecule has 0 saturated heterocycles. The molecule has 2 atom stereocenters. The molecular weight excluding hydrogens is 614 g/mol. The lowest BCUT2D eigenvalue weighted by atomic mass is 9.71. The maximum Gasteiger partial charge on any atom is 0.336 e. The Balaban J connectivity index is 1.52.